The maximum absolute atomic E-state index is 11.4. The third-order valence-corrected chi connectivity index (χ3v) is 7.57. The van der Waals surface area contributed by atoms with E-state index in [4.69, 9.17) is 5.14 Å². The Hall–Kier alpha value is -2.00. The fraction of sp³-hybridized carbons (Fsp3) is 0.632. The van der Waals surface area contributed by atoms with Crippen molar-refractivity contribution in [3.8, 4) is 0 Å². The van der Waals surface area contributed by atoms with Crippen LogP contribution in [0.4, 0.5) is 11.4 Å². The number of benzene rings is 1. The predicted octanol–water partition coefficient (Wildman–Crippen LogP) is 3.64. The van der Waals surface area contributed by atoms with Gasteiger partial charge >= 0.3 is 0 Å². The van der Waals surface area contributed by atoms with Gasteiger partial charge in [-0.1, -0.05) is 0 Å². The number of sulfonamides is 1. The lowest BCUT2D eigenvalue weighted by Crippen LogP contribution is -2.46. The first kappa shape index (κ1) is 19.3. The van der Waals surface area contributed by atoms with Crippen molar-refractivity contribution in [1.82, 2.24) is 0 Å². The van der Waals surface area contributed by atoms with Crippen molar-refractivity contribution in [2.45, 2.75) is 56.8 Å². The number of primary sulfonamides is 1. The summed E-state index contributed by atoms with van der Waals surface area (Å²) < 4.78 is 22.9. The number of hydrazone groups is 1. The molecule has 8 nitrogen and oxygen atoms in total. The first-order valence-electron chi connectivity index (χ1n) is 9.74. The van der Waals surface area contributed by atoms with E-state index in [2.05, 4.69) is 10.5 Å². The summed E-state index contributed by atoms with van der Waals surface area (Å²) in [5.74, 6) is 2.58. The topological polar surface area (TPSA) is 128 Å². The van der Waals surface area contributed by atoms with Crippen molar-refractivity contribution < 1.29 is 13.3 Å². The molecule has 4 aliphatic carbocycles. The Bertz CT molecular complexity index is 906. The Balaban J connectivity index is 1.50. The van der Waals surface area contributed by atoms with Gasteiger partial charge < -0.3 is 0 Å². The van der Waals surface area contributed by atoms with E-state index in [9.17, 15) is 18.5 Å². The second-order valence-corrected chi connectivity index (χ2v) is 10.6. The van der Waals surface area contributed by atoms with E-state index in [0.29, 0.717) is 5.41 Å². The maximum atomic E-state index is 11.4. The SMILES string of the molecule is C/C(CC12CC3CC(CC(C3)C1)C2)=N/Nc1ccc(S(N)(=O)=O)cc1[N+](=O)[O-]. The molecule has 0 unspecified atom stereocenters. The Morgan fingerprint density at radius 1 is 1.25 bits per heavy atom. The summed E-state index contributed by atoms with van der Waals surface area (Å²) >= 11 is 0. The summed E-state index contributed by atoms with van der Waals surface area (Å²) in [5.41, 5.74) is 3.82. The highest BCUT2D eigenvalue weighted by molar-refractivity contribution is 7.89. The van der Waals surface area contributed by atoms with Gasteiger partial charge in [0.1, 0.15) is 5.69 Å². The first-order chi connectivity index (χ1) is 13.1. The zero-order valence-corrected chi connectivity index (χ0v) is 16.7. The van der Waals surface area contributed by atoms with E-state index in [0.717, 1.165) is 36.0 Å². The van der Waals surface area contributed by atoms with E-state index in [1.54, 1.807) is 0 Å². The minimum atomic E-state index is -4.01. The standard InChI is InChI=1S/C19H26N4O4S/c1-12(8-19-9-13-4-14(10-19)6-15(5-13)11-19)21-22-17-3-2-16(28(20,26)27)7-18(17)23(24)25/h2-3,7,13-15,22H,4-6,8-11H2,1H3,(H2,20,26,27)/b21-12-. The largest absolute Gasteiger partial charge is 0.295 e. The average Bonchev–Trinajstić information content (AvgIpc) is 2.57. The molecule has 1 aromatic carbocycles. The molecule has 0 amide bonds. The van der Waals surface area contributed by atoms with Crippen LogP contribution >= 0.6 is 0 Å². The number of nitrogens with two attached hydrogens (primary N) is 1. The maximum Gasteiger partial charge on any atom is 0.295 e. The zero-order chi connectivity index (χ0) is 20.1. The second kappa shape index (κ2) is 6.81. The summed E-state index contributed by atoms with van der Waals surface area (Å²) in [7, 11) is -4.01. The van der Waals surface area contributed by atoms with Crippen molar-refractivity contribution in [2.75, 3.05) is 5.43 Å². The highest BCUT2D eigenvalue weighted by Gasteiger charge is 2.50. The molecule has 4 aliphatic rings. The molecule has 0 spiro atoms. The summed E-state index contributed by atoms with van der Waals surface area (Å²) in [6.07, 6.45) is 8.88. The number of hydrogen-bond donors (Lipinski definition) is 2. The number of nitrogens with zero attached hydrogens (tertiary/aromatic N) is 2. The van der Waals surface area contributed by atoms with Gasteiger partial charge in [-0.3, -0.25) is 15.5 Å². The number of nitrogens with one attached hydrogen (secondary N) is 1. The Labute approximate surface area is 164 Å². The molecule has 1 aromatic rings. The van der Waals surface area contributed by atoms with Crippen LogP contribution in [-0.4, -0.2) is 19.1 Å². The van der Waals surface area contributed by atoms with Gasteiger partial charge in [-0.15, -0.1) is 0 Å². The van der Waals surface area contributed by atoms with Crippen LogP contribution in [0, 0.1) is 33.3 Å². The van der Waals surface area contributed by atoms with E-state index in [1.807, 2.05) is 6.92 Å². The lowest BCUT2D eigenvalue weighted by atomic mass is 9.48. The molecular formula is C19H26N4O4S. The molecular weight excluding hydrogens is 380 g/mol. The summed E-state index contributed by atoms with van der Waals surface area (Å²) in [6, 6.07) is 3.54. The van der Waals surface area contributed by atoms with Crippen LogP contribution < -0.4 is 10.6 Å². The van der Waals surface area contributed by atoms with Gasteiger partial charge in [-0.2, -0.15) is 5.10 Å². The quantitative estimate of drug-likeness (QED) is 0.423. The van der Waals surface area contributed by atoms with E-state index in [-0.39, 0.29) is 16.3 Å². The molecule has 4 fully saturated rings. The van der Waals surface area contributed by atoms with Gasteiger partial charge in [0.25, 0.3) is 5.69 Å². The first-order valence-corrected chi connectivity index (χ1v) is 11.3. The molecule has 0 heterocycles. The molecule has 152 valence electrons. The normalized spacial score (nSPS) is 31.8. The fourth-order valence-electron chi connectivity index (χ4n) is 6.18. The van der Waals surface area contributed by atoms with Crippen LogP contribution in [0.1, 0.15) is 51.9 Å². The third-order valence-electron chi connectivity index (χ3n) is 6.66. The lowest BCUT2D eigenvalue weighted by molar-refractivity contribution is -0.384. The number of hydrogen-bond acceptors (Lipinski definition) is 6. The molecule has 4 saturated carbocycles. The molecule has 5 rings (SSSR count). The number of rotatable bonds is 6. The van der Waals surface area contributed by atoms with E-state index < -0.39 is 14.9 Å². The smallest absolute Gasteiger partial charge is 0.272 e. The molecule has 9 heteroatoms. The predicted molar refractivity (Wildman–Crippen MR) is 106 cm³/mol. The van der Waals surface area contributed by atoms with Gasteiger partial charge in [0.2, 0.25) is 10.0 Å². The van der Waals surface area contributed by atoms with Gasteiger partial charge in [0.15, 0.2) is 0 Å². The molecule has 0 saturated heterocycles. The van der Waals surface area contributed by atoms with Crippen molar-refractivity contribution in [1.29, 1.82) is 0 Å². The van der Waals surface area contributed by atoms with Crippen molar-refractivity contribution in [3.63, 3.8) is 0 Å². The molecule has 0 aromatic heterocycles. The fourth-order valence-corrected chi connectivity index (χ4v) is 6.71. The Morgan fingerprint density at radius 2 is 1.82 bits per heavy atom. The second-order valence-electron chi connectivity index (χ2n) is 9.03. The van der Waals surface area contributed by atoms with Gasteiger partial charge in [0, 0.05) is 11.8 Å². The molecule has 0 aliphatic heterocycles. The van der Waals surface area contributed by atoms with Crippen LogP contribution in [0.25, 0.3) is 0 Å². The van der Waals surface area contributed by atoms with Crippen LogP contribution in [-0.2, 0) is 10.0 Å². The Morgan fingerprint density at radius 3 is 2.32 bits per heavy atom. The highest BCUT2D eigenvalue weighted by atomic mass is 32.2. The Kier molecular flexibility index (Phi) is 4.70. The zero-order valence-electron chi connectivity index (χ0n) is 15.9. The van der Waals surface area contributed by atoms with Crippen LogP contribution in [0.2, 0.25) is 0 Å². The van der Waals surface area contributed by atoms with Gasteiger partial charge in [-0.25, -0.2) is 13.6 Å². The van der Waals surface area contributed by atoms with Gasteiger partial charge in [0.05, 0.1) is 9.82 Å². The van der Waals surface area contributed by atoms with Crippen molar-refractivity contribution in [3.05, 3.63) is 28.3 Å². The summed E-state index contributed by atoms with van der Waals surface area (Å²) in [4.78, 5) is 10.4. The van der Waals surface area contributed by atoms with Crippen molar-refractivity contribution >= 4 is 27.1 Å². The number of nitro benzene ring substituents is 1. The number of nitro groups is 1. The third kappa shape index (κ3) is 3.77. The molecule has 28 heavy (non-hydrogen) atoms. The number of anilines is 1. The van der Waals surface area contributed by atoms with E-state index in [1.165, 1.54) is 50.7 Å². The van der Waals surface area contributed by atoms with Crippen LogP contribution in [0.5, 0.6) is 0 Å². The minimum Gasteiger partial charge on any atom is -0.272 e. The molecule has 4 bridgehead atoms. The van der Waals surface area contributed by atoms with Crippen molar-refractivity contribution in [2.24, 2.45) is 33.4 Å². The van der Waals surface area contributed by atoms with Crippen LogP contribution in [0.3, 0.4) is 0 Å². The summed E-state index contributed by atoms with van der Waals surface area (Å²) in [5, 5.41) is 20.8. The lowest BCUT2D eigenvalue weighted by Gasteiger charge is -2.57. The monoisotopic (exact) mass is 406 g/mol. The van der Waals surface area contributed by atoms with Gasteiger partial charge in [-0.05, 0) is 87.2 Å². The summed E-state index contributed by atoms with van der Waals surface area (Å²) in [6.45, 7) is 1.95. The highest BCUT2D eigenvalue weighted by Crippen LogP contribution is 2.61. The van der Waals surface area contributed by atoms with Crippen LogP contribution in [0.15, 0.2) is 28.2 Å². The molecule has 0 radical (unpaired) electrons. The molecule has 0 atom stereocenters. The van der Waals surface area contributed by atoms with E-state index >= 15 is 0 Å². The minimum absolute atomic E-state index is 0.155. The average molecular weight is 407 g/mol. The molecule has 3 N–H and O–H groups in total.